The second-order valence-corrected chi connectivity index (χ2v) is 3.79. The second kappa shape index (κ2) is 4.29. The van der Waals surface area contributed by atoms with Gasteiger partial charge in [0, 0.05) is 11.3 Å². The average molecular weight is 254 g/mol. The van der Waals surface area contributed by atoms with Gasteiger partial charge in [0.1, 0.15) is 11.5 Å². The van der Waals surface area contributed by atoms with Gasteiger partial charge in [0.15, 0.2) is 6.29 Å². The first kappa shape index (κ1) is 12.3. The van der Waals surface area contributed by atoms with Crippen molar-refractivity contribution in [1.82, 2.24) is 9.97 Å². The zero-order valence-electron chi connectivity index (χ0n) is 9.38. The van der Waals surface area contributed by atoms with Crippen LogP contribution in [0.15, 0.2) is 24.3 Å². The summed E-state index contributed by atoms with van der Waals surface area (Å²) in [6.07, 6.45) is -3.84. The van der Waals surface area contributed by atoms with E-state index in [-0.39, 0.29) is 11.5 Å². The van der Waals surface area contributed by atoms with Crippen molar-refractivity contribution in [3.8, 4) is 11.4 Å². The molecule has 3 nitrogen and oxygen atoms in total. The Balaban J connectivity index is 2.47. The van der Waals surface area contributed by atoms with E-state index >= 15 is 0 Å². The van der Waals surface area contributed by atoms with Crippen molar-refractivity contribution in [2.24, 2.45) is 0 Å². The first-order chi connectivity index (χ1) is 8.41. The number of aldehydes is 1. The summed E-state index contributed by atoms with van der Waals surface area (Å²) in [6.45, 7) is 1.63. The normalized spacial score (nSPS) is 11.6. The van der Waals surface area contributed by atoms with Gasteiger partial charge in [-0.1, -0.05) is 12.1 Å². The van der Waals surface area contributed by atoms with E-state index in [1.807, 2.05) is 0 Å². The number of alkyl halides is 3. The predicted octanol–water partition coefficient (Wildman–Crippen LogP) is 3.22. The molecular weight excluding hydrogens is 245 g/mol. The Bertz CT molecular complexity index is 587. The Morgan fingerprint density at radius 1 is 1.33 bits per heavy atom. The van der Waals surface area contributed by atoms with E-state index in [1.54, 1.807) is 6.92 Å². The van der Waals surface area contributed by atoms with Crippen molar-refractivity contribution in [3.05, 3.63) is 41.2 Å². The number of hydrogen-bond acceptors (Lipinski definition) is 2. The highest BCUT2D eigenvalue weighted by Crippen LogP contribution is 2.31. The lowest BCUT2D eigenvalue weighted by atomic mass is 10.1. The van der Waals surface area contributed by atoms with Crippen molar-refractivity contribution < 1.29 is 18.0 Å². The Morgan fingerprint density at radius 2 is 2.06 bits per heavy atom. The summed E-state index contributed by atoms with van der Waals surface area (Å²) in [7, 11) is 0. The molecule has 18 heavy (non-hydrogen) atoms. The van der Waals surface area contributed by atoms with Crippen molar-refractivity contribution in [2.45, 2.75) is 13.1 Å². The van der Waals surface area contributed by atoms with Crippen LogP contribution >= 0.6 is 0 Å². The van der Waals surface area contributed by atoms with Crippen molar-refractivity contribution in [3.63, 3.8) is 0 Å². The van der Waals surface area contributed by atoms with Crippen molar-refractivity contribution >= 4 is 6.29 Å². The quantitative estimate of drug-likeness (QED) is 0.836. The number of nitrogens with zero attached hydrogens (tertiary/aromatic N) is 1. The van der Waals surface area contributed by atoms with Gasteiger partial charge in [-0.3, -0.25) is 4.79 Å². The first-order valence-electron chi connectivity index (χ1n) is 5.11. The summed E-state index contributed by atoms with van der Waals surface area (Å²) < 4.78 is 37.6. The molecule has 1 heterocycles. The number of carbonyl (C=O) groups is 1. The van der Waals surface area contributed by atoms with Crippen LogP contribution in [0.1, 0.15) is 21.7 Å². The first-order valence-corrected chi connectivity index (χ1v) is 5.11. The Hall–Kier alpha value is -2.11. The minimum absolute atomic E-state index is 0.197. The fourth-order valence-corrected chi connectivity index (χ4v) is 1.57. The molecule has 0 atom stereocenters. The molecule has 1 N–H and O–H groups in total. The highest BCUT2D eigenvalue weighted by molar-refractivity contribution is 5.75. The predicted molar refractivity (Wildman–Crippen MR) is 59.2 cm³/mol. The molecular formula is C12H9F3N2O. The summed E-state index contributed by atoms with van der Waals surface area (Å²) in [5, 5.41) is 0. The third-order valence-corrected chi connectivity index (χ3v) is 2.50. The zero-order chi connectivity index (χ0) is 13.3. The monoisotopic (exact) mass is 254 g/mol. The molecule has 0 saturated carbocycles. The SMILES string of the molecule is Cc1[nH]c(-c2cccc(C(F)(F)F)c2)nc1C=O. The van der Waals surface area contributed by atoms with Crippen molar-refractivity contribution in [1.29, 1.82) is 0 Å². The summed E-state index contributed by atoms with van der Waals surface area (Å²) in [5.74, 6) is 0.251. The molecule has 0 amide bonds. The Morgan fingerprint density at radius 3 is 2.61 bits per heavy atom. The fourth-order valence-electron chi connectivity index (χ4n) is 1.57. The molecule has 1 aromatic carbocycles. The van der Waals surface area contributed by atoms with Crippen LogP contribution in [0.3, 0.4) is 0 Å². The molecule has 6 heteroatoms. The minimum Gasteiger partial charge on any atom is -0.341 e. The van der Waals surface area contributed by atoms with E-state index < -0.39 is 11.7 Å². The number of halogens is 3. The summed E-state index contributed by atoms with van der Waals surface area (Å²) in [5.41, 5.74) is 0.266. The van der Waals surface area contributed by atoms with E-state index in [0.717, 1.165) is 12.1 Å². The van der Waals surface area contributed by atoms with Crippen LogP contribution in [-0.4, -0.2) is 16.3 Å². The maximum absolute atomic E-state index is 12.5. The lowest BCUT2D eigenvalue weighted by Crippen LogP contribution is -2.04. The number of imidazole rings is 1. The lowest BCUT2D eigenvalue weighted by Gasteiger charge is -2.07. The standard InChI is InChI=1S/C12H9F3N2O/c1-7-10(6-18)17-11(16-7)8-3-2-4-9(5-8)12(13,14)15/h2-6H,1H3,(H,16,17). The van der Waals surface area contributed by atoms with Gasteiger partial charge in [-0.2, -0.15) is 13.2 Å². The molecule has 0 aliphatic rings. The van der Waals surface area contributed by atoms with Crippen molar-refractivity contribution in [2.75, 3.05) is 0 Å². The largest absolute Gasteiger partial charge is 0.416 e. The van der Waals surface area contributed by atoms with Gasteiger partial charge in [0.2, 0.25) is 0 Å². The van der Waals surface area contributed by atoms with Crippen LogP contribution in [0.5, 0.6) is 0 Å². The Labute approximate surface area is 101 Å². The number of nitrogens with one attached hydrogen (secondary N) is 1. The maximum Gasteiger partial charge on any atom is 0.416 e. The smallest absolute Gasteiger partial charge is 0.341 e. The number of hydrogen-bond donors (Lipinski definition) is 1. The molecule has 0 fully saturated rings. The lowest BCUT2D eigenvalue weighted by molar-refractivity contribution is -0.137. The number of aryl methyl sites for hydroxylation is 1. The van der Waals surface area contributed by atoms with Crippen LogP contribution in [0.2, 0.25) is 0 Å². The number of rotatable bonds is 2. The maximum atomic E-state index is 12.5. The van der Waals surface area contributed by atoms with Gasteiger partial charge in [-0.05, 0) is 19.1 Å². The highest BCUT2D eigenvalue weighted by atomic mass is 19.4. The topological polar surface area (TPSA) is 45.8 Å². The van der Waals surface area contributed by atoms with Gasteiger partial charge >= 0.3 is 6.18 Å². The molecule has 0 aliphatic heterocycles. The van der Waals surface area contributed by atoms with E-state index in [1.165, 1.54) is 12.1 Å². The number of carbonyl (C=O) groups excluding carboxylic acids is 1. The molecule has 2 rings (SSSR count). The molecule has 0 unspecified atom stereocenters. The van der Waals surface area contributed by atoms with Crippen LogP contribution in [-0.2, 0) is 6.18 Å². The van der Waals surface area contributed by atoms with Gasteiger partial charge < -0.3 is 4.98 Å². The molecule has 0 bridgehead atoms. The molecule has 0 saturated heterocycles. The molecule has 0 spiro atoms. The number of benzene rings is 1. The van der Waals surface area contributed by atoms with Gasteiger partial charge in [-0.25, -0.2) is 4.98 Å². The van der Waals surface area contributed by atoms with Gasteiger partial charge in [0.25, 0.3) is 0 Å². The van der Waals surface area contributed by atoms with Crippen LogP contribution < -0.4 is 0 Å². The minimum atomic E-state index is -4.40. The van der Waals surface area contributed by atoms with Crippen LogP contribution in [0, 0.1) is 6.92 Å². The van der Waals surface area contributed by atoms with Crippen LogP contribution in [0.4, 0.5) is 13.2 Å². The van der Waals surface area contributed by atoms with E-state index in [4.69, 9.17) is 0 Å². The zero-order valence-corrected chi connectivity index (χ0v) is 9.38. The van der Waals surface area contributed by atoms with Gasteiger partial charge in [-0.15, -0.1) is 0 Å². The summed E-state index contributed by atoms with van der Waals surface area (Å²) in [4.78, 5) is 17.3. The molecule has 0 aliphatic carbocycles. The number of aromatic amines is 1. The average Bonchev–Trinajstić information content (AvgIpc) is 2.70. The van der Waals surface area contributed by atoms with Gasteiger partial charge in [0.05, 0.1) is 5.56 Å². The van der Waals surface area contributed by atoms with E-state index in [0.29, 0.717) is 17.5 Å². The molecule has 0 radical (unpaired) electrons. The van der Waals surface area contributed by atoms with E-state index in [9.17, 15) is 18.0 Å². The third-order valence-electron chi connectivity index (χ3n) is 2.50. The fraction of sp³-hybridized carbons (Fsp3) is 0.167. The Kier molecular flexibility index (Phi) is 2.94. The number of aromatic nitrogens is 2. The molecule has 94 valence electrons. The number of H-pyrrole nitrogens is 1. The summed E-state index contributed by atoms with van der Waals surface area (Å²) >= 11 is 0. The molecule has 1 aromatic heterocycles. The van der Waals surface area contributed by atoms with E-state index in [2.05, 4.69) is 9.97 Å². The highest BCUT2D eigenvalue weighted by Gasteiger charge is 2.30. The molecule has 2 aromatic rings. The summed E-state index contributed by atoms with van der Waals surface area (Å²) in [6, 6.07) is 4.78. The van der Waals surface area contributed by atoms with Crippen LogP contribution in [0.25, 0.3) is 11.4 Å². The third kappa shape index (κ3) is 2.27. The second-order valence-electron chi connectivity index (χ2n) is 3.79.